The van der Waals surface area contributed by atoms with Gasteiger partial charge >= 0.3 is 0 Å². The number of nitrogens with zero attached hydrogens (tertiary/aromatic N) is 4. The Balaban J connectivity index is 1.61. The van der Waals surface area contributed by atoms with Crippen molar-refractivity contribution in [1.29, 1.82) is 0 Å². The van der Waals surface area contributed by atoms with Crippen LogP contribution in [0.15, 0.2) is 23.5 Å². The minimum Gasteiger partial charge on any atom is -0.353 e. The van der Waals surface area contributed by atoms with E-state index >= 15 is 0 Å². The van der Waals surface area contributed by atoms with Crippen LogP contribution >= 0.6 is 0 Å². The van der Waals surface area contributed by atoms with Gasteiger partial charge in [-0.1, -0.05) is 0 Å². The van der Waals surface area contributed by atoms with Crippen LogP contribution in [0.2, 0.25) is 0 Å². The van der Waals surface area contributed by atoms with Crippen LogP contribution in [-0.4, -0.2) is 49.5 Å². The molecule has 24 heavy (non-hydrogen) atoms. The zero-order valence-corrected chi connectivity index (χ0v) is 14.0. The Kier molecular flexibility index (Phi) is 4.64. The molecule has 1 unspecified atom stereocenters. The molecule has 0 saturated carbocycles. The van der Waals surface area contributed by atoms with Gasteiger partial charge in [-0.2, -0.15) is 0 Å². The maximum Gasteiger partial charge on any atom is 0.274 e. The zero-order valence-electron chi connectivity index (χ0n) is 14.0. The van der Waals surface area contributed by atoms with Crippen LogP contribution < -0.4 is 10.9 Å². The lowest BCUT2D eigenvalue weighted by Crippen LogP contribution is -2.33. The molecule has 0 spiro atoms. The summed E-state index contributed by atoms with van der Waals surface area (Å²) in [7, 11) is 1.85. The molecule has 3 heterocycles. The fourth-order valence-electron chi connectivity index (χ4n) is 2.85. The molecule has 1 aliphatic rings. The minimum atomic E-state index is -0.131. The summed E-state index contributed by atoms with van der Waals surface area (Å²) in [4.78, 5) is 37.1. The van der Waals surface area contributed by atoms with E-state index in [0.717, 1.165) is 19.3 Å². The number of aryl methyl sites for hydroxylation is 2. The van der Waals surface area contributed by atoms with Crippen molar-refractivity contribution in [3.05, 3.63) is 40.3 Å². The number of likely N-dealkylation sites (tertiary alicyclic amines) is 1. The van der Waals surface area contributed by atoms with Gasteiger partial charge in [0.25, 0.3) is 11.5 Å². The van der Waals surface area contributed by atoms with Gasteiger partial charge in [-0.3, -0.25) is 14.6 Å². The average Bonchev–Trinajstić information content (AvgIpc) is 2.86. The maximum atomic E-state index is 12.5. The van der Waals surface area contributed by atoms with Crippen LogP contribution in [0, 0.1) is 6.92 Å². The highest BCUT2D eigenvalue weighted by Gasteiger charge is 2.23. The average molecular weight is 330 g/mol. The third-order valence-electron chi connectivity index (χ3n) is 4.26. The SMILES string of the molecule is Cc1cnc(NC2CCCN(C(=O)c3cn(C)cn3)CC2)[nH]c1=O. The predicted molar refractivity (Wildman–Crippen MR) is 90.0 cm³/mol. The highest BCUT2D eigenvalue weighted by atomic mass is 16.2. The number of rotatable bonds is 3. The molecular formula is C16H22N6O2. The summed E-state index contributed by atoms with van der Waals surface area (Å²) >= 11 is 0. The maximum absolute atomic E-state index is 12.5. The van der Waals surface area contributed by atoms with Gasteiger partial charge in [-0.25, -0.2) is 9.97 Å². The quantitative estimate of drug-likeness (QED) is 0.872. The van der Waals surface area contributed by atoms with Crippen molar-refractivity contribution in [1.82, 2.24) is 24.4 Å². The van der Waals surface area contributed by atoms with E-state index in [2.05, 4.69) is 20.3 Å². The number of hydrogen-bond donors (Lipinski definition) is 2. The molecule has 1 saturated heterocycles. The van der Waals surface area contributed by atoms with Crippen LogP contribution in [0.1, 0.15) is 35.3 Å². The molecule has 2 aromatic heterocycles. The Hall–Kier alpha value is -2.64. The monoisotopic (exact) mass is 330 g/mol. The van der Waals surface area contributed by atoms with Crippen LogP contribution in [0.5, 0.6) is 0 Å². The molecule has 8 nitrogen and oxygen atoms in total. The lowest BCUT2D eigenvalue weighted by molar-refractivity contribution is 0.0756. The van der Waals surface area contributed by atoms with E-state index in [1.165, 1.54) is 0 Å². The fourth-order valence-corrected chi connectivity index (χ4v) is 2.85. The molecule has 3 rings (SSSR count). The van der Waals surface area contributed by atoms with E-state index < -0.39 is 0 Å². The Labute approximate surface area is 139 Å². The normalized spacial score (nSPS) is 18.2. The van der Waals surface area contributed by atoms with Gasteiger partial charge in [0.2, 0.25) is 5.95 Å². The van der Waals surface area contributed by atoms with Crippen LogP contribution in [0.4, 0.5) is 5.95 Å². The summed E-state index contributed by atoms with van der Waals surface area (Å²) < 4.78 is 1.77. The lowest BCUT2D eigenvalue weighted by Gasteiger charge is -2.20. The van der Waals surface area contributed by atoms with Crippen molar-refractivity contribution in [3.63, 3.8) is 0 Å². The number of amides is 1. The zero-order chi connectivity index (χ0) is 17.1. The van der Waals surface area contributed by atoms with Crippen molar-refractivity contribution < 1.29 is 4.79 Å². The molecule has 2 N–H and O–H groups in total. The molecule has 0 aromatic carbocycles. The van der Waals surface area contributed by atoms with Crippen molar-refractivity contribution in [3.8, 4) is 0 Å². The second-order valence-electron chi connectivity index (χ2n) is 6.23. The molecule has 0 bridgehead atoms. The Morgan fingerprint density at radius 1 is 1.33 bits per heavy atom. The second-order valence-corrected chi connectivity index (χ2v) is 6.23. The summed E-state index contributed by atoms with van der Waals surface area (Å²) in [6, 6.07) is 0.178. The molecule has 128 valence electrons. The largest absolute Gasteiger partial charge is 0.353 e. The van der Waals surface area contributed by atoms with E-state index in [0.29, 0.717) is 30.3 Å². The lowest BCUT2D eigenvalue weighted by atomic mass is 10.1. The first-order valence-corrected chi connectivity index (χ1v) is 8.12. The Morgan fingerprint density at radius 2 is 2.17 bits per heavy atom. The van der Waals surface area contributed by atoms with Crippen molar-refractivity contribution in [2.24, 2.45) is 7.05 Å². The van der Waals surface area contributed by atoms with Crippen LogP contribution in [0.3, 0.4) is 0 Å². The topological polar surface area (TPSA) is 95.9 Å². The first kappa shape index (κ1) is 16.2. The molecular weight excluding hydrogens is 308 g/mol. The number of nitrogens with one attached hydrogen (secondary N) is 2. The van der Waals surface area contributed by atoms with E-state index in [4.69, 9.17) is 0 Å². The number of carbonyl (C=O) groups excluding carboxylic acids is 1. The summed E-state index contributed by atoms with van der Waals surface area (Å²) in [6.07, 6.45) is 7.56. The number of H-pyrrole nitrogens is 1. The number of anilines is 1. The third-order valence-corrected chi connectivity index (χ3v) is 4.26. The highest BCUT2D eigenvalue weighted by molar-refractivity contribution is 5.92. The third kappa shape index (κ3) is 3.64. The molecule has 1 atom stereocenters. The standard InChI is InChI=1S/C16H22N6O2/c1-11-8-17-16(20-14(11)23)19-12-4-3-6-22(7-5-12)15(24)13-9-21(2)10-18-13/h8-10,12H,3-7H2,1-2H3,(H2,17,19,20,23). The summed E-state index contributed by atoms with van der Waals surface area (Å²) in [5.74, 6) is 0.457. The van der Waals surface area contributed by atoms with Crippen molar-refractivity contribution in [2.45, 2.75) is 32.2 Å². The number of imidazole rings is 1. The highest BCUT2D eigenvalue weighted by Crippen LogP contribution is 2.16. The van der Waals surface area contributed by atoms with E-state index in [9.17, 15) is 9.59 Å². The summed E-state index contributed by atoms with van der Waals surface area (Å²) in [5.41, 5.74) is 0.940. The van der Waals surface area contributed by atoms with Gasteiger partial charge in [0.1, 0.15) is 5.69 Å². The van der Waals surface area contributed by atoms with Crippen LogP contribution in [-0.2, 0) is 7.05 Å². The van der Waals surface area contributed by atoms with Crippen LogP contribution in [0.25, 0.3) is 0 Å². The van der Waals surface area contributed by atoms with Crippen molar-refractivity contribution in [2.75, 3.05) is 18.4 Å². The first-order valence-electron chi connectivity index (χ1n) is 8.12. The molecule has 1 amide bonds. The van der Waals surface area contributed by atoms with E-state index in [-0.39, 0.29) is 17.5 Å². The summed E-state index contributed by atoms with van der Waals surface area (Å²) in [5, 5.41) is 3.27. The molecule has 0 radical (unpaired) electrons. The van der Waals surface area contributed by atoms with Gasteiger partial charge in [0.05, 0.1) is 6.33 Å². The predicted octanol–water partition coefficient (Wildman–Crippen LogP) is 0.919. The molecule has 2 aromatic rings. The number of hydrogen-bond acceptors (Lipinski definition) is 5. The first-order chi connectivity index (χ1) is 11.5. The Bertz CT molecular complexity index is 781. The number of carbonyl (C=O) groups is 1. The van der Waals surface area contributed by atoms with Gasteiger partial charge in [0.15, 0.2) is 0 Å². The number of aromatic amines is 1. The van der Waals surface area contributed by atoms with Gasteiger partial charge in [0, 0.05) is 44.1 Å². The van der Waals surface area contributed by atoms with E-state index in [1.54, 1.807) is 30.2 Å². The molecule has 1 fully saturated rings. The molecule has 8 heteroatoms. The number of aromatic nitrogens is 4. The van der Waals surface area contributed by atoms with E-state index in [1.807, 2.05) is 11.9 Å². The summed E-state index contributed by atoms with van der Waals surface area (Å²) in [6.45, 7) is 3.09. The molecule has 1 aliphatic heterocycles. The minimum absolute atomic E-state index is 0.0295. The second kappa shape index (κ2) is 6.86. The van der Waals surface area contributed by atoms with Gasteiger partial charge in [-0.15, -0.1) is 0 Å². The fraction of sp³-hybridized carbons (Fsp3) is 0.500. The van der Waals surface area contributed by atoms with Crippen molar-refractivity contribution >= 4 is 11.9 Å². The molecule has 0 aliphatic carbocycles. The van der Waals surface area contributed by atoms with Gasteiger partial charge < -0.3 is 14.8 Å². The van der Waals surface area contributed by atoms with Gasteiger partial charge in [-0.05, 0) is 26.2 Å². The smallest absolute Gasteiger partial charge is 0.274 e. The Morgan fingerprint density at radius 3 is 2.88 bits per heavy atom.